The molecule has 0 N–H and O–H groups in total. The van der Waals surface area contributed by atoms with Gasteiger partial charge in [-0.2, -0.15) is 5.26 Å². The van der Waals surface area contributed by atoms with Crippen LogP contribution in [0.5, 0.6) is 5.75 Å². The minimum Gasteiger partial charge on any atom is -0.405 e. The number of ether oxygens (including phenoxy) is 2. The molecule has 6 nitrogen and oxygen atoms in total. The molecular weight excluding hydrogens is 471 g/mol. The summed E-state index contributed by atoms with van der Waals surface area (Å²) in [7, 11) is 0. The van der Waals surface area contributed by atoms with Gasteiger partial charge in [0.1, 0.15) is 17.2 Å². The van der Waals surface area contributed by atoms with E-state index in [-0.39, 0.29) is 29.9 Å². The molecule has 3 aromatic rings. The summed E-state index contributed by atoms with van der Waals surface area (Å²) in [6.45, 7) is 1.91. The summed E-state index contributed by atoms with van der Waals surface area (Å²) in [6, 6.07) is 15.7. The summed E-state index contributed by atoms with van der Waals surface area (Å²) in [6.07, 6.45) is -0.246. The first-order chi connectivity index (χ1) is 17.4. The predicted molar refractivity (Wildman–Crippen MR) is 126 cm³/mol. The fourth-order valence-electron chi connectivity index (χ4n) is 4.65. The van der Waals surface area contributed by atoms with Gasteiger partial charge in [-0.1, -0.05) is 17.3 Å². The molecule has 2 aliphatic rings. The maximum absolute atomic E-state index is 13.0. The van der Waals surface area contributed by atoms with Gasteiger partial charge in [0, 0.05) is 35.8 Å². The smallest absolute Gasteiger partial charge is 0.405 e. The summed E-state index contributed by atoms with van der Waals surface area (Å²) in [4.78, 5) is 2.29. The quantitative estimate of drug-likeness (QED) is 0.368. The van der Waals surface area contributed by atoms with Gasteiger partial charge in [0.05, 0.1) is 24.3 Å². The number of nitriles is 1. The zero-order chi connectivity index (χ0) is 25.1. The van der Waals surface area contributed by atoms with Crippen LogP contribution in [0, 0.1) is 11.3 Å². The second-order valence-electron chi connectivity index (χ2n) is 9.20. The number of para-hydroxylation sites is 1. The van der Waals surface area contributed by atoms with Crippen LogP contribution < -0.4 is 9.64 Å². The highest BCUT2D eigenvalue weighted by Gasteiger charge is 2.36. The normalized spacial score (nSPS) is 18.5. The Morgan fingerprint density at radius 3 is 2.53 bits per heavy atom. The number of hydrogen-bond donors (Lipinski definition) is 0. The number of rotatable bonds is 7. The lowest BCUT2D eigenvalue weighted by atomic mass is 10.0. The monoisotopic (exact) mass is 497 g/mol. The van der Waals surface area contributed by atoms with Gasteiger partial charge in [-0.3, -0.25) is 0 Å². The lowest BCUT2D eigenvalue weighted by molar-refractivity contribution is -0.274. The molecule has 0 bridgehead atoms. The van der Waals surface area contributed by atoms with Gasteiger partial charge in [-0.25, -0.2) is 0 Å². The Morgan fingerprint density at radius 2 is 1.81 bits per heavy atom. The molecule has 1 unspecified atom stereocenters. The Bertz CT molecular complexity index is 1230. The van der Waals surface area contributed by atoms with Crippen LogP contribution in [0.1, 0.15) is 54.9 Å². The number of aromatic nitrogens is 1. The third-order valence-corrected chi connectivity index (χ3v) is 6.63. The zero-order valence-corrected chi connectivity index (χ0v) is 19.6. The van der Waals surface area contributed by atoms with Gasteiger partial charge in [0.2, 0.25) is 0 Å². The number of nitrogens with zero attached hydrogens (tertiary/aromatic N) is 3. The standard InChI is InChI=1S/C27H26F3N3O3/c28-27(29,30)35-24-6-2-1-5-22(24)25-23(26(36-32-25)19-9-10-19)17-34-21-4-3-14-33(15-13-21)20-11-7-18(16-31)8-12-20/h1-2,5-8,11-12,19,21H,3-4,9-10,13-15,17H2. The number of benzene rings is 2. The van der Waals surface area contributed by atoms with E-state index in [0.29, 0.717) is 22.6 Å². The Balaban J connectivity index is 1.30. The first kappa shape index (κ1) is 24.2. The van der Waals surface area contributed by atoms with Gasteiger partial charge >= 0.3 is 6.36 Å². The number of halogens is 3. The van der Waals surface area contributed by atoms with Crippen molar-refractivity contribution >= 4 is 5.69 Å². The average Bonchev–Trinajstić information content (AvgIpc) is 3.66. The SMILES string of the molecule is N#Cc1ccc(N2CCCC(OCc3c(-c4ccccc4OC(F)(F)F)noc3C3CC3)CC2)cc1. The fraction of sp³-hybridized carbons (Fsp3) is 0.407. The molecular formula is C27H26F3N3O3. The Hall–Kier alpha value is -3.51. The van der Waals surface area contributed by atoms with Crippen molar-refractivity contribution in [1.82, 2.24) is 5.16 Å². The number of alkyl halides is 3. The van der Waals surface area contributed by atoms with Crippen molar-refractivity contribution in [3.63, 3.8) is 0 Å². The van der Waals surface area contributed by atoms with Crippen molar-refractivity contribution in [2.75, 3.05) is 18.0 Å². The molecule has 2 aromatic carbocycles. The maximum atomic E-state index is 13.0. The van der Waals surface area contributed by atoms with Crippen molar-refractivity contribution in [2.24, 2.45) is 0 Å². The second kappa shape index (κ2) is 10.2. The molecule has 1 saturated heterocycles. The minimum atomic E-state index is -4.81. The van der Waals surface area contributed by atoms with E-state index >= 15 is 0 Å². The van der Waals surface area contributed by atoms with Crippen LogP contribution in [0.3, 0.4) is 0 Å². The molecule has 2 fully saturated rings. The van der Waals surface area contributed by atoms with Gasteiger partial charge in [-0.15, -0.1) is 13.2 Å². The molecule has 0 spiro atoms. The van der Waals surface area contributed by atoms with Crippen LogP contribution in [-0.4, -0.2) is 30.7 Å². The second-order valence-corrected chi connectivity index (χ2v) is 9.20. The first-order valence-corrected chi connectivity index (χ1v) is 12.1. The Kier molecular flexibility index (Phi) is 6.88. The van der Waals surface area contributed by atoms with Gasteiger partial charge in [-0.05, 0) is 68.5 Å². The lowest BCUT2D eigenvalue weighted by Gasteiger charge is -2.23. The van der Waals surface area contributed by atoms with Crippen molar-refractivity contribution in [3.05, 3.63) is 65.4 Å². The van der Waals surface area contributed by atoms with Gasteiger partial charge in [0.25, 0.3) is 0 Å². The van der Waals surface area contributed by atoms with E-state index in [1.54, 1.807) is 12.1 Å². The lowest BCUT2D eigenvalue weighted by Crippen LogP contribution is -2.24. The topological polar surface area (TPSA) is 71.5 Å². The largest absolute Gasteiger partial charge is 0.573 e. The van der Waals surface area contributed by atoms with Gasteiger partial charge < -0.3 is 18.9 Å². The molecule has 1 atom stereocenters. The van der Waals surface area contributed by atoms with Crippen LogP contribution in [0.2, 0.25) is 0 Å². The van der Waals surface area contributed by atoms with Crippen LogP contribution in [0.15, 0.2) is 53.1 Å². The summed E-state index contributed by atoms with van der Waals surface area (Å²) < 4.78 is 55.2. The zero-order valence-electron chi connectivity index (χ0n) is 19.6. The number of hydrogen-bond acceptors (Lipinski definition) is 6. The van der Waals surface area contributed by atoms with E-state index in [1.165, 1.54) is 12.1 Å². The van der Waals surface area contributed by atoms with Crippen LogP contribution in [0.25, 0.3) is 11.3 Å². The van der Waals surface area contributed by atoms with E-state index in [2.05, 4.69) is 20.9 Å². The Morgan fingerprint density at radius 1 is 1.03 bits per heavy atom. The molecule has 5 rings (SSSR count). The van der Waals surface area contributed by atoms with E-state index in [9.17, 15) is 13.2 Å². The molecule has 1 saturated carbocycles. The van der Waals surface area contributed by atoms with Crippen LogP contribution in [0.4, 0.5) is 18.9 Å². The predicted octanol–water partition coefficient (Wildman–Crippen LogP) is 6.56. The fourth-order valence-corrected chi connectivity index (χ4v) is 4.65. The molecule has 1 aromatic heterocycles. The highest BCUT2D eigenvalue weighted by molar-refractivity contribution is 5.70. The molecule has 0 radical (unpaired) electrons. The maximum Gasteiger partial charge on any atom is 0.573 e. The average molecular weight is 498 g/mol. The minimum absolute atomic E-state index is 0.00449. The van der Waals surface area contributed by atoms with E-state index in [0.717, 1.165) is 50.9 Å². The summed E-state index contributed by atoms with van der Waals surface area (Å²) in [5, 5.41) is 13.2. The van der Waals surface area contributed by atoms with E-state index in [4.69, 9.17) is 14.5 Å². The highest BCUT2D eigenvalue weighted by Crippen LogP contribution is 2.45. The molecule has 0 amide bonds. The molecule has 1 aliphatic carbocycles. The van der Waals surface area contributed by atoms with E-state index < -0.39 is 6.36 Å². The summed E-state index contributed by atoms with van der Waals surface area (Å²) >= 11 is 0. The van der Waals surface area contributed by atoms with Crippen molar-refractivity contribution in [2.45, 2.75) is 57.1 Å². The van der Waals surface area contributed by atoms with Crippen LogP contribution >= 0.6 is 0 Å². The van der Waals surface area contributed by atoms with Crippen molar-refractivity contribution < 1.29 is 27.2 Å². The molecule has 9 heteroatoms. The third kappa shape index (κ3) is 5.65. The molecule has 1 aliphatic heterocycles. The van der Waals surface area contributed by atoms with Crippen molar-refractivity contribution in [1.29, 1.82) is 5.26 Å². The third-order valence-electron chi connectivity index (χ3n) is 6.63. The van der Waals surface area contributed by atoms with Crippen LogP contribution in [-0.2, 0) is 11.3 Å². The molecule has 188 valence electrons. The molecule has 2 heterocycles. The molecule has 36 heavy (non-hydrogen) atoms. The summed E-state index contributed by atoms with van der Waals surface area (Å²) in [5.41, 5.74) is 2.98. The first-order valence-electron chi connectivity index (χ1n) is 12.1. The van der Waals surface area contributed by atoms with E-state index in [1.807, 2.05) is 24.3 Å². The Labute approximate surface area is 207 Å². The number of anilines is 1. The van der Waals surface area contributed by atoms with Gasteiger partial charge in [0.15, 0.2) is 0 Å². The highest BCUT2D eigenvalue weighted by atomic mass is 19.4. The summed E-state index contributed by atoms with van der Waals surface area (Å²) in [5.74, 6) is 0.607. The van der Waals surface area contributed by atoms with Crippen molar-refractivity contribution in [3.8, 4) is 23.1 Å².